The van der Waals surface area contributed by atoms with Gasteiger partial charge in [0, 0.05) is 0 Å². The molecule has 2 heterocycles. The second-order valence-corrected chi connectivity index (χ2v) is 12.0. The molecule has 0 fully saturated rings. The number of aromatic nitrogens is 2. The summed E-state index contributed by atoms with van der Waals surface area (Å²) in [6.07, 6.45) is 3.55. The fourth-order valence-electron chi connectivity index (χ4n) is 1.89. The van der Waals surface area contributed by atoms with Gasteiger partial charge in [-0.2, -0.15) is 4.98 Å². The molecular formula is C15H24FN3O3Si. The molecule has 0 aliphatic carbocycles. The Morgan fingerprint density at radius 1 is 1.43 bits per heavy atom. The van der Waals surface area contributed by atoms with Gasteiger partial charge in [-0.1, -0.05) is 26.8 Å². The highest BCUT2D eigenvalue weighted by Crippen LogP contribution is 2.37. The minimum atomic E-state index is -1.87. The third kappa shape index (κ3) is 3.88. The Kier molecular flexibility index (Phi) is 4.79. The van der Waals surface area contributed by atoms with Gasteiger partial charge in [-0.05, 0) is 24.2 Å². The first-order valence-electron chi connectivity index (χ1n) is 7.53. The molecule has 1 aliphatic rings. The normalized spacial score (nSPS) is 21.8. The summed E-state index contributed by atoms with van der Waals surface area (Å²) in [6.45, 7) is 11.2. The number of rotatable bonds is 4. The van der Waals surface area contributed by atoms with E-state index in [9.17, 15) is 9.18 Å². The van der Waals surface area contributed by atoms with Crippen molar-refractivity contribution >= 4 is 14.1 Å². The average molecular weight is 341 g/mol. The molecule has 2 N–H and O–H groups in total. The highest BCUT2D eigenvalue weighted by molar-refractivity contribution is 6.74. The standard InChI is InChI=1S/C15H24FN3O3Si/c1-15(2,3)23(4,5)21-9-10-6-7-12(22-10)19-8-11(16)13(17)18-14(19)20/h6-8,10,12H,9H2,1-5H3,(H2,17,18,20)/t10-,12+/m0/s1. The van der Waals surface area contributed by atoms with E-state index in [4.69, 9.17) is 14.9 Å². The van der Waals surface area contributed by atoms with Crippen molar-refractivity contribution < 1.29 is 13.6 Å². The topological polar surface area (TPSA) is 79.4 Å². The summed E-state index contributed by atoms with van der Waals surface area (Å²) < 4.78 is 26.4. The van der Waals surface area contributed by atoms with E-state index in [1.54, 1.807) is 6.08 Å². The van der Waals surface area contributed by atoms with Crippen molar-refractivity contribution in [3.05, 3.63) is 34.7 Å². The van der Waals surface area contributed by atoms with Crippen LogP contribution in [0.4, 0.5) is 10.2 Å². The molecule has 0 aromatic carbocycles. The molecule has 0 spiro atoms. The lowest BCUT2D eigenvalue weighted by molar-refractivity contribution is -0.00812. The average Bonchev–Trinajstić information content (AvgIpc) is 2.88. The third-order valence-corrected chi connectivity index (χ3v) is 8.93. The van der Waals surface area contributed by atoms with E-state index in [2.05, 4.69) is 38.8 Å². The Hall–Kier alpha value is -1.51. The number of anilines is 1. The van der Waals surface area contributed by atoms with Crippen LogP contribution >= 0.6 is 0 Å². The lowest BCUT2D eigenvalue weighted by Crippen LogP contribution is -2.42. The quantitative estimate of drug-likeness (QED) is 0.672. The van der Waals surface area contributed by atoms with Crippen LogP contribution < -0.4 is 11.4 Å². The summed E-state index contributed by atoms with van der Waals surface area (Å²) in [6, 6.07) is 0. The largest absolute Gasteiger partial charge is 0.414 e. The highest BCUT2D eigenvalue weighted by Gasteiger charge is 2.38. The van der Waals surface area contributed by atoms with Gasteiger partial charge >= 0.3 is 5.69 Å². The van der Waals surface area contributed by atoms with Crippen LogP contribution in [0.3, 0.4) is 0 Å². The molecule has 8 heteroatoms. The van der Waals surface area contributed by atoms with Crippen molar-refractivity contribution in [2.45, 2.75) is 51.2 Å². The van der Waals surface area contributed by atoms with Crippen LogP contribution in [-0.2, 0) is 9.16 Å². The molecule has 2 atom stereocenters. The zero-order valence-electron chi connectivity index (χ0n) is 14.2. The summed E-state index contributed by atoms with van der Waals surface area (Å²) in [5.41, 5.74) is 4.63. The molecule has 0 amide bonds. The molecule has 1 aromatic heterocycles. The molecule has 0 radical (unpaired) electrons. The SMILES string of the molecule is CC(C)(C)[Si](C)(C)OC[C@@H]1C=C[C@H](n2cc(F)c(N)nc2=O)O1. The van der Waals surface area contributed by atoms with Crippen molar-refractivity contribution in [2.75, 3.05) is 12.3 Å². The maximum atomic E-state index is 13.5. The van der Waals surface area contributed by atoms with Crippen LogP contribution in [0.15, 0.2) is 23.1 Å². The van der Waals surface area contributed by atoms with Gasteiger partial charge in [-0.25, -0.2) is 9.18 Å². The van der Waals surface area contributed by atoms with E-state index < -0.39 is 31.9 Å². The summed E-state index contributed by atoms with van der Waals surface area (Å²) in [5, 5.41) is 0.107. The second-order valence-electron chi connectivity index (χ2n) is 7.19. The van der Waals surface area contributed by atoms with Gasteiger partial charge in [0.15, 0.2) is 26.2 Å². The molecule has 6 nitrogen and oxygen atoms in total. The molecule has 1 aromatic rings. The van der Waals surface area contributed by atoms with Gasteiger partial charge in [0.05, 0.1) is 12.8 Å². The number of nitrogen functional groups attached to an aromatic ring is 1. The minimum absolute atomic E-state index is 0.107. The predicted molar refractivity (Wildman–Crippen MR) is 89.1 cm³/mol. The van der Waals surface area contributed by atoms with E-state index >= 15 is 0 Å². The van der Waals surface area contributed by atoms with Crippen molar-refractivity contribution in [2.24, 2.45) is 0 Å². The molecule has 0 bridgehead atoms. The fourth-order valence-corrected chi connectivity index (χ4v) is 2.90. The van der Waals surface area contributed by atoms with Crippen molar-refractivity contribution in [1.29, 1.82) is 0 Å². The lowest BCUT2D eigenvalue weighted by Gasteiger charge is -2.36. The molecule has 0 saturated carbocycles. The molecule has 128 valence electrons. The molecule has 1 aliphatic heterocycles. The van der Waals surface area contributed by atoms with Crippen molar-refractivity contribution in [3.8, 4) is 0 Å². The summed E-state index contributed by atoms with van der Waals surface area (Å²) in [5.74, 6) is -1.16. The lowest BCUT2D eigenvalue weighted by atomic mass is 10.2. The molecule has 0 saturated heterocycles. The number of nitrogens with zero attached hydrogens (tertiary/aromatic N) is 2. The predicted octanol–water partition coefficient (Wildman–Crippen LogP) is 2.44. The number of halogens is 1. The second kappa shape index (κ2) is 6.18. The molecule has 23 heavy (non-hydrogen) atoms. The zero-order valence-corrected chi connectivity index (χ0v) is 15.2. The Bertz CT molecular complexity index is 667. The summed E-state index contributed by atoms with van der Waals surface area (Å²) in [7, 11) is -1.87. The van der Waals surface area contributed by atoms with E-state index in [1.165, 1.54) is 0 Å². The van der Waals surface area contributed by atoms with Crippen LogP contribution in [0.25, 0.3) is 0 Å². The number of nitrogens with two attached hydrogens (primary N) is 1. The number of hydrogen-bond acceptors (Lipinski definition) is 5. The monoisotopic (exact) mass is 341 g/mol. The van der Waals surface area contributed by atoms with Gasteiger partial charge in [-0.15, -0.1) is 0 Å². The van der Waals surface area contributed by atoms with E-state index in [0.29, 0.717) is 6.61 Å². The van der Waals surface area contributed by atoms with Crippen LogP contribution in [0.2, 0.25) is 18.1 Å². The Labute approximate surface area is 136 Å². The third-order valence-electron chi connectivity index (χ3n) is 4.43. The van der Waals surface area contributed by atoms with Crippen LogP contribution in [0.1, 0.15) is 27.0 Å². The van der Waals surface area contributed by atoms with Crippen molar-refractivity contribution in [3.63, 3.8) is 0 Å². The first-order valence-corrected chi connectivity index (χ1v) is 10.4. The van der Waals surface area contributed by atoms with Crippen LogP contribution in [-0.4, -0.2) is 30.6 Å². The fraction of sp³-hybridized carbons (Fsp3) is 0.600. The van der Waals surface area contributed by atoms with E-state index in [-0.39, 0.29) is 11.1 Å². The summed E-state index contributed by atoms with van der Waals surface area (Å²) >= 11 is 0. The maximum Gasteiger partial charge on any atom is 0.352 e. The zero-order chi connectivity index (χ0) is 17.4. The Morgan fingerprint density at radius 3 is 2.70 bits per heavy atom. The van der Waals surface area contributed by atoms with Gasteiger partial charge in [0.1, 0.15) is 6.10 Å². The maximum absolute atomic E-state index is 13.5. The molecule has 2 rings (SSSR count). The minimum Gasteiger partial charge on any atom is -0.414 e. The van der Waals surface area contributed by atoms with Gasteiger partial charge < -0.3 is 14.9 Å². The summed E-state index contributed by atoms with van der Waals surface area (Å²) in [4.78, 5) is 15.2. The van der Waals surface area contributed by atoms with Gasteiger partial charge in [0.2, 0.25) is 0 Å². The van der Waals surface area contributed by atoms with E-state index in [1.807, 2.05) is 6.08 Å². The van der Waals surface area contributed by atoms with Crippen molar-refractivity contribution in [1.82, 2.24) is 9.55 Å². The van der Waals surface area contributed by atoms with Crippen LogP contribution in [0.5, 0.6) is 0 Å². The van der Waals surface area contributed by atoms with Crippen LogP contribution in [0, 0.1) is 5.82 Å². The van der Waals surface area contributed by atoms with Gasteiger partial charge in [-0.3, -0.25) is 4.57 Å². The Balaban J connectivity index is 2.02. The first-order chi connectivity index (χ1) is 10.5. The smallest absolute Gasteiger partial charge is 0.352 e. The Morgan fingerprint density at radius 2 is 2.09 bits per heavy atom. The first kappa shape index (κ1) is 17.8. The number of hydrogen-bond donors (Lipinski definition) is 1. The van der Waals surface area contributed by atoms with E-state index in [0.717, 1.165) is 10.8 Å². The number of ether oxygens (including phenoxy) is 1. The highest BCUT2D eigenvalue weighted by atomic mass is 28.4. The van der Waals surface area contributed by atoms with Gasteiger partial charge in [0.25, 0.3) is 0 Å². The molecule has 0 unspecified atom stereocenters. The molecular weight excluding hydrogens is 317 g/mol.